The summed E-state index contributed by atoms with van der Waals surface area (Å²) in [6.45, 7) is 3.72. The molecule has 0 spiro atoms. The highest BCUT2D eigenvalue weighted by Gasteiger charge is 2.08. The minimum atomic E-state index is -0.574. The summed E-state index contributed by atoms with van der Waals surface area (Å²) < 4.78 is 26.5. The molecule has 0 fully saturated rings. The maximum atomic E-state index is 13.3. The molecule has 0 saturated heterocycles. The number of nitrogens with zero attached hydrogens (tertiary/aromatic N) is 2. The van der Waals surface area contributed by atoms with Crippen molar-refractivity contribution < 1.29 is 13.6 Å². The second-order valence-corrected chi connectivity index (χ2v) is 6.87. The fourth-order valence-electron chi connectivity index (χ4n) is 2.84. The van der Waals surface area contributed by atoms with Crippen molar-refractivity contribution in [3.63, 3.8) is 0 Å². The van der Waals surface area contributed by atoms with Gasteiger partial charge in [-0.1, -0.05) is 12.1 Å². The maximum absolute atomic E-state index is 13.3. The standard InChI is InChI=1S/C22H28F2N4O/c1-4-25-22(27-11-9-17-13-19(23)15-20(24)14-17)26-10-8-16-6-5-7-18(12-16)21(29)28(2)3/h5-7,12-15H,4,8-11H2,1-3H3,(H2,25,26,27). The number of benzene rings is 2. The topological polar surface area (TPSA) is 56.7 Å². The SMILES string of the molecule is CCNC(=NCCc1cccc(C(=O)N(C)C)c1)NCCc1cc(F)cc(F)c1. The summed E-state index contributed by atoms with van der Waals surface area (Å²) in [5.41, 5.74) is 2.28. The number of guanidine groups is 1. The van der Waals surface area contributed by atoms with Gasteiger partial charge in [0.15, 0.2) is 5.96 Å². The highest BCUT2D eigenvalue weighted by Crippen LogP contribution is 2.09. The Hall–Kier alpha value is -2.96. The molecule has 0 saturated carbocycles. The van der Waals surface area contributed by atoms with Crippen LogP contribution in [0.1, 0.15) is 28.4 Å². The van der Waals surface area contributed by atoms with Crippen molar-refractivity contribution in [3.05, 3.63) is 70.8 Å². The van der Waals surface area contributed by atoms with Crippen LogP contribution >= 0.6 is 0 Å². The van der Waals surface area contributed by atoms with E-state index < -0.39 is 11.6 Å². The van der Waals surface area contributed by atoms with Crippen LogP contribution in [0.3, 0.4) is 0 Å². The number of carbonyl (C=O) groups excluding carboxylic acids is 1. The molecule has 2 aromatic carbocycles. The van der Waals surface area contributed by atoms with Gasteiger partial charge >= 0.3 is 0 Å². The average molecular weight is 402 g/mol. The van der Waals surface area contributed by atoms with Gasteiger partial charge in [-0.15, -0.1) is 0 Å². The third-order valence-electron chi connectivity index (χ3n) is 4.22. The van der Waals surface area contributed by atoms with Gasteiger partial charge in [0.2, 0.25) is 0 Å². The first-order valence-corrected chi connectivity index (χ1v) is 9.66. The lowest BCUT2D eigenvalue weighted by atomic mass is 10.1. The molecule has 2 N–H and O–H groups in total. The number of amides is 1. The fourth-order valence-corrected chi connectivity index (χ4v) is 2.84. The molecule has 1 amide bonds. The van der Waals surface area contributed by atoms with Crippen LogP contribution in [0.15, 0.2) is 47.5 Å². The molecule has 29 heavy (non-hydrogen) atoms. The number of rotatable bonds is 8. The first-order valence-electron chi connectivity index (χ1n) is 9.66. The van der Waals surface area contributed by atoms with Crippen molar-refractivity contribution in [2.75, 3.05) is 33.7 Å². The van der Waals surface area contributed by atoms with Crippen molar-refractivity contribution >= 4 is 11.9 Å². The van der Waals surface area contributed by atoms with Crippen LogP contribution in [0.4, 0.5) is 8.78 Å². The second-order valence-electron chi connectivity index (χ2n) is 6.87. The molecule has 0 aromatic heterocycles. The van der Waals surface area contributed by atoms with Gasteiger partial charge < -0.3 is 15.5 Å². The number of aliphatic imine (C=N–C) groups is 1. The molecule has 0 radical (unpaired) electrons. The Bertz CT molecular complexity index is 832. The van der Waals surface area contributed by atoms with E-state index in [9.17, 15) is 13.6 Å². The van der Waals surface area contributed by atoms with Gasteiger partial charge in [-0.25, -0.2) is 8.78 Å². The van der Waals surface area contributed by atoms with E-state index >= 15 is 0 Å². The highest BCUT2D eigenvalue weighted by molar-refractivity contribution is 5.94. The highest BCUT2D eigenvalue weighted by atomic mass is 19.1. The van der Waals surface area contributed by atoms with E-state index in [0.29, 0.717) is 49.6 Å². The van der Waals surface area contributed by atoms with E-state index in [1.54, 1.807) is 25.1 Å². The summed E-state index contributed by atoms with van der Waals surface area (Å²) in [4.78, 5) is 18.2. The predicted molar refractivity (Wildman–Crippen MR) is 112 cm³/mol. The van der Waals surface area contributed by atoms with Gasteiger partial charge in [-0.05, 0) is 55.2 Å². The lowest BCUT2D eigenvalue weighted by Gasteiger charge is -2.12. The summed E-state index contributed by atoms with van der Waals surface area (Å²) in [6, 6.07) is 11.1. The summed E-state index contributed by atoms with van der Waals surface area (Å²) in [5, 5.41) is 6.32. The van der Waals surface area contributed by atoms with E-state index in [4.69, 9.17) is 0 Å². The predicted octanol–water partition coefficient (Wildman–Crippen LogP) is 3.01. The third-order valence-corrected chi connectivity index (χ3v) is 4.22. The monoisotopic (exact) mass is 402 g/mol. The molecular weight excluding hydrogens is 374 g/mol. The molecule has 0 aliphatic rings. The number of hydrogen-bond donors (Lipinski definition) is 2. The van der Waals surface area contributed by atoms with Crippen LogP contribution in [-0.4, -0.2) is 50.5 Å². The van der Waals surface area contributed by atoms with Crippen molar-refractivity contribution in [1.82, 2.24) is 15.5 Å². The Morgan fingerprint density at radius 3 is 2.38 bits per heavy atom. The quantitative estimate of drug-likeness (QED) is 0.527. The number of halogens is 2. The molecule has 0 unspecified atom stereocenters. The van der Waals surface area contributed by atoms with Crippen molar-refractivity contribution in [2.45, 2.75) is 19.8 Å². The Morgan fingerprint density at radius 1 is 1.00 bits per heavy atom. The molecule has 2 rings (SSSR count). The van der Waals surface area contributed by atoms with Crippen molar-refractivity contribution in [2.24, 2.45) is 4.99 Å². The van der Waals surface area contributed by atoms with Crippen LogP contribution in [0.25, 0.3) is 0 Å². The smallest absolute Gasteiger partial charge is 0.253 e. The molecule has 0 aliphatic carbocycles. The number of hydrogen-bond acceptors (Lipinski definition) is 2. The molecule has 0 atom stereocenters. The van der Waals surface area contributed by atoms with Crippen LogP contribution in [0.5, 0.6) is 0 Å². The zero-order valence-corrected chi connectivity index (χ0v) is 17.1. The van der Waals surface area contributed by atoms with E-state index in [-0.39, 0.29) is 5.91 Å². The van der Waals surface area contributed by atoms with E-state index in [1.807, 2.05) is 25.1 Å². The minimum absolute atomic E-state index is 0.0286. The lowest BCUT2D eigenvalue weighted by Crippen LogP contribution is -2.38. The lowest BCUT2D eigenvalue weighted by molar-refractivity contribution is 0.0827. The first-order chi connectivity index (χ1) is 13.9. The summed E-state index contributed by atoms with van der Waals surface area (Å²) in [6.07, 6.45) is 1.17. The van der Waals surface area contributed by atoms with Gasteiger partial charge in [-0.3, -0.25) is 9.79 Å². The Kier molecular flexibility index (Phi) is 8.58. The van der Waals surface area contributed by atoms with E-state index in [1.165, 1.54) is 12.1 Å². The van der Waals surface area contributed by atoms with Crippen LogP contribution in [0.2, 0.25) is 0 Å². The Labute approximate surface area is 170 Å². The largest absolute Gasteiger partial charge is 0.357 e. The number of carbonyl (C=O) groups is 1. The normalized spacial score (nSPS) is 11.3. The molecule has 0 bridgehead atoms. The van der Waals surface area contributed by atoms with Gasteiger partial charge in [0.05, 0.1) is 0 Å². The van der Waals surface area contributed by atoms with E-state index in [0.717, 1.165) is 11.6 Å². The zero-order valence-electron chi connectivity index (χ0n) is 17.1. The minimum Gasteiger partial charge on any atom is -0.357 e. The van der Waals surface area contributed by atoms with Gasteiger partial charge in [0.1, 0.15) is 11.6 Å². The second kappa shape index (κ2) is 11.1. The van der Waals surface area contributed by atoms with Crippen LogP contribution in [-0.2, 0) is 12.8 Å². The van der Waals surface area contributed by atoms with E-state index in [2.05, 4.69) is 15.6 Å². The molecule has 0 aliphatic heterocycles. The summed E-state index contributed by atoms with van der Waals surface area (Å²) >= 11 is 0. The van der Waals surface area contributed by atoms with Gasteiger partial charge in [0.25, 0.3) is 5.91 Å². The zero-order chi connectivity index (χ0) is 21.2. The summed E-state index contributed by atoms with van der Waals surface area (Å²) in [5.74, 6) is -0.532. The van der Waals surface area contributed by atoms with Gasteiger partial charge in [0, 0.05) is 45.4 Å². The number of nitrogens with one attached hydrogen (secondary N) is 2. The molecule has 0 heterocycles. The van der Waals surface area contributed by atoms with Crippen molar-refractivity contribution in [1.29, 1.82) is 0 Å². The summed E-state index contributed by atoms with van der Waals surface area (Å²) in [7, 11) is 3.46. The molecule has 2 aromatic rings. The Morgan fingerprint density at radius 2 is 1.72 bits per heavy atom. The molecular formula is C22H28F2N4O. The molecule has 5 nitrogen and oxygen atoms in total. The maximum Gasteiger partial charge on any atom is 0.253 e. The van der Waals surface area contributed by atoms with Crippen LogP contribution in [0, 0.1) is 11.6 Å². The molecule has 7 heteroatoms. The third kappa shape index (κ3) is 7.52. The van der Waals surface area contributed by atoms with Crippen LogP contribution < -0.4 is 10.6 Å². The molecule has 156 valence electrons. The Balaban J connectivity index is 1.90. The van der Waals surface area contributed by atoms with Gasteiger partial charge in [-0.2, -0.15) is 0 Å². The fraction of sp³-hybridized carbons (Fsp3) is 0.364. The first kappa shape index (κ1) is 22.3. The van der Waals surface area contributed by atoms with Crippen molar-refractivity contribution in [3.8, 4) is 0 Å². The average Bonchev–Trinajstić information content (AvgIpc) is 2.67.